The van der Waals surface area contributed by atoms with E-state index in [2.05, 4.69) is 21.2 Å². The maximum atomic E-state index is 11.5. The number of alkyl halides is 1. The van der Waals surface area contributed by atoms with Gasteiger partial charge in [0, 0.05) is 11.4 Å². The molecule has 1 unspecified atom stereocenters. The van der Waals surface area contributed by atoms with Gasteiger partial charge < -0.3 is 9.73 Å². The fourth-order valence-corrected chi connectivity index (χ4v) is 1.28. The molecule has 0 saturated heterocycles. The molecule has 1 aromatic heterocycles. The maximum absolute atomic E-state index is 11.5. The number of carbonyl (C=O) groups excluding carboxylic acids is 1. The van der Waals surface area contributed by atoms with Crippen LogP contribution in [0.2, 0.25) is 0 Å². The zero-order valence-electron chi connectivity index (χ0n) is 8.34. The molecule has 0 spiro atoms. The second kappa shape index (κ2) is 5.20. The predicted octanol–water partition coefficient (Wildman–Crippen LogP) is 2.49. The number of hydrogen-bond donors (Lipinski definition) is 1. The van der Waals surface area contributed by atoms with Crippen LogP contribution in [0.1, 0.15) is 29.5 Å². The first-order valence-corrected chi connectivity index (χ1v) is 5.48. The molecule has 1 aromatic rings. The summed E-state index contributed by atoms with van der Waals surface area (Å²) in [4.78, 5) is 11.9. The van der Waals surface area contributed by atoms with Crippen LogP contribution >= 0.6 is 15.9 Å². The molecule has 0 bridgehead atoms. The number of nitrogens with one attached hydrogen (secondary N) is 1. The van der Waals surface area contributed by atoms with Crippen LogP contribution in [0.5, 0.6) is 0 Å². The van der Waals surface area contributed by atoms with Crippen LogP contribution in [0.3, 0.4) is 0 Å². The van der Waals surface area contributed by atoms with E-state index in [1.807, 2.05) is 13.8 Å². The first kappa shape index (κ1) is 11.3. The molecule has 4 heteroatoms. The molecular formula is C10H14BrNO2. The van der Waals surface area contributed by atoms with Gasteiger partial charge in [0.1, 0.15) is 12.0 Å². The van der Waals surface area contributed by atoms with Crippen LogP contribution < -0.4 is 5.32 Å². The third kappa shape index (κ3) is 3.54. The molecule has 1 amide bonds. The van der Waals surface area contributed by atoms with Crippen molar-refractivity contribution in [1.82, 2.24) is 5.32 Å². The summed E-state index contributed by atoms with van der Waals surface area (Å²) in [5, 5.41) is 2.81. The molecule has 78 valence electrons. The molecule has 1 rings (SSSR count). The van der Waals surface area contributed by atoms with E-state index in [0.717, 1.165) is 12.2 Å². The Morgan fingerprint density at radius 1 is 1.71 bits per heavy atom. The van der Waals surface area contributed by atoms with Gasteiger partial charge in [-0.3, -0.25) is 4.79 Å². The molecule has 0 radical (unpaired) electrons. The summed E-state index contributed by atoms with van der Waals surface area (Å²) in [6, 6.07) is 1.73. The maximum Gasteiger partial charge on any atom is 0.254 e. The summed E-state index contributed by atoms with van der Waals surface area (Å²) < 4.78 is 5.04. The standard InChI is InChI=1S/C10H14BrNO2/c1-7(11)3-4-12-10(13)9-5-8(2)14-6-9/h5-7H,3-4H2,1-2H3,(H,12,13). The second-order valence-electron chi connectivity index (χ2n) is 3.27. The van der Waals surface area contributed by atoms with Crippen molar-refractivity contribution < 1.29 is 9.21 Å². The zero-order valence-corrected chi connectivity index (χ0v) is 9.93. The zero-order chi connectivity index (χ0) is 10.6. The highest BCUT2D eigenvalue weighted by atomic mass is 79.9. The Morgan fingerprint density at radius 2 is 2.43 bits per heavy atom. The Morgan fingerprint density at radius 3 is 2.93 bits per heavy atom. The molecule has 0 aliphatic rings. The lowest BCUT2D eigenvalue weighted by Crippen LogP contribution is -2.25. The molecule has 1 N–H and O–H groups in total. The van der Waals surface area contributed by atoms with Crippen LogP contribution in [0.25, 0.3) is 0 Å². The van der Waals surface area contributed by atoms with Gasteiger partial charge in [0.05, 0.1) is 5.56 Å². The summed E-state index contributed by atoms with van der Waals surface area (Å²) in [5.41, 5.74) is 0.588. The van der Waals surface area contributed by atoms with E-state index in [0.29, 0.717) is 16.9 Å². The highest BCUT2D eigenvalue weighted by Crippen LogP contribution is 2.06. The Bertz CT molecular complexity index is 307. The number of amides is 1. The fourth-order valence-electron chi connectivity index (χ4n) is 1.05. The van der Waals surface area contributed by atoms with E-state index in [4.69, 9.17) is 4.42 Å². The molecule has 0 aromatic carbocycles. The van der Waals surface area contributed by atoms with E-state index in [9.17, 15) is 4.79 Å². The number of aryl methyl sites for hydroxylation is 1. The highest BCUT2D eigenvalue weighted by Gasteiger charge is 2.07. The third-order valence-corrected chi connectivity index (χ3v) is 2.28. The molecular weight excluding hydrogens is 246 g/mol. The fraction of sp³-hybridized carbons (Fsp3) is 0.500. The van der Waals surface area contributed by atoms with Crippen LogP contribution in [-0.4, -0.2) is 17.3 Å². The lowest BCUT2D eigenvalue weighted by molar-refractivity contribution is 0.0953. The van der Waals surface area contributed by atoms with Crippen LogP contribution in [-0.2, 0) is 0 Å². The summed E-state index contributed by atoms with van der Waals surface area (Å²) in [7, 11) is 0. The lowest BCUT2D eigenvalue weighted by Gasteiger charge is -2.04. The van der Waals surface area contributed by atoms with Gasteiger partial charge in [-0.25, -0.2) is 0 Å². The number of halogens is 1. The van der Waals surface area contributed by atoms with Gasteiger partial charge in [0.25, 0.3) is 5.91 Å². The van der Waals surface area contributed by atoms with Crippen molar-refractivity contribution in [2.45, 2.75) is 25.1 Å². The largest absolute Gasteiger partial charge is 0.469 e. The highest BCUT2D eigenvalue weighted by molar-refractivity contribution is 9.09. The topological polar surface area (TPSA) is 42.2 Å². The Hall–Kier alpha value is -0.770. The van der Waals surface area contributed by atoms with Gasteiger partial charge in [-0.1, -0.05) is 22.9 Å². The molecule has 0 saturated carbocycles. The number of carbonyl (C=O) groups is 1. The normalized spacial score (nSPS) is 12.5. The number of furan rings is 1. The Balaban J connectivity index is 2.36. The SMILES string of the molecule is Cc1cc(C(=O)NCCC(C)Br)co1. The van der Waals surface area contributed by atoms with E-state index in [1.165, 1.54) is 6.26 Å². The summed E-state index contributed by atoms with van der Waals surface area (Å²) >= 11 is 3.42. The van der Waals surface area contributed by atoms with Crippen molar-refractivity contribution in [3.05, 3.63) is 23.7 Å². The van der Waals surface area contributed by atoms with Crippen molar-refractivity contribution in [1.29, 1.82) is 0 Å². The van der Waals surface area contributed by atoms with Crippen LogP contribution in [0.4, 0.5) is 0 Å². The molecule has 0 aliphatic heterocycles. The lowest BCUT2D eigenvalue weighted by atomic mass is 10.3. The third-order valence-electron chi connectivity index (χ3n) is 1.82. The van der Waals surface area contributed by atoms with Gasteiger partial charge in [0.15, 0.2) is 0 Å². The molecule has 1 heterocycles. The monoisotopic (exact) mass is 259 g/mol. The quantitative estimate of drug-likeness (QED) is 0.845. The summed E-state index contributed by atoms with van der Waals surface area (Å²) in [6.07, 6.45) is 2.39. The van der Waals surface area contributed by atoms with E-state index < -0.39 is 0 Å². The molecule has 0 aliphatic carbocycles. The first-order chi connectivity index (χ1) is 6.59. The van der Waals surface area contributed by atoms with E-state index >= 15 is 0 Å². The van der Waals surface area contributed by atoms with Crippen molar-refractivity contribution in [2.75, 3.05) is 6.54 Å². The Kier molecular flexibility index (Phi) is 4.20. The molecule has 14 heavy (non-hydrogen) atoms. The first-order valence-electron chi connectivity index (χ1n) is 4.57. The number of hydrogen-bond acceptors (Lipinski definition) is 2. The van der Waals surface area contributed by atoms with Gasteiger partial charge >= 0.3 is 0 Å². The predicted molar refractivity (Wildman–Crippen MR) is 58.8 cm³/mol. The molecule has 1 atom stereocenters. The van der Waals surface area contributed by atoms with E-state index in [-0.39, 0.29) is 5.91 Å². The van der Waals surface area contributed by atoms with Crippen LogP contribution in [0.15, 0.2) is 16.7 Å². The number of rotatable bonds is 4. The van der Waals surface area contributed by atoms with Crippen molar-refractivity contribution in [3.8, 4) is 0 Å². The van der Waals surface area contributed by atoms with Crippen molar-refractivity contribution in [2.24, 2.45) is 0 Å². The van der Waals surface area contributed by atoms with Gasteiger partial charge in [-0.2, -0.15) is 0 Å². The average Bonchev–Trinajstić information content (AvgIpc) is 2.51. The smallest absolute Gasteiger partial charge is 0.254 e. The van der Waals surface area contributed by atoms with E-state index in [1.54, 1.807) is 6.07 Å². The van der Waals surface area contributed by atoms with Gasteiger partial charge in [-0.15, -0.1) is 0 Å². The minimum atomic E-state index is -0.0741. The summed E-state index contributed by atoms with van der Waals surface area (Å²) in [5.74, 6) is 0.680. The Labute approximate surface area is 92.0 Å². The van der Waals surface area contributed by atoms with Crippen molar-refractivity contribution >= 4 is 21.8 Å². The minimum Gasteiger partial charge on any atom is -0.469 e. The molecule has 3 nitrogen and oxygen atoms in total. The van der Waals surface area contributed by atoms with Gasteiger partial charge in [-0.05, 0) is 19.4 Å². The van der Waals surface area contributed by atoms with Crippen LogP contribution in [0, 0.1) is 6.92 Å². The van der Waals surface area contributed by atoms with Gasteiger partial charge in [0.2, 0.25) is 0 Å². The average molecular weight is 260 g/mol. The minimum absolute atomic E-state index is 0.0741. The molecule has 0 fully saturated rings. The van der Waals surface area contributed by atoms with Crippen molar-refractivity contribution in [3.63, 3.8) is 0 Å². The second-order valence-corrected chi connectivity index (χ2v) is 4.83. The summed E-state index contributed by atoms with van der Waals surface area (Å²) in [6.45, 7) is 4.54.